The summed E-state index contributed by atoms with van der Waals surface area (Å²) in [6.07, 6.45) is 0.736. The van der Waals surface area contributed by atoms with E-state index in [0.717, 1.165) is 6.42 Å². The SMILES string of the molecule is CC(C)N([N+]#CCCOP)C(C)C. The Bertz CT molecular complexity index is 176. The molecule has 0 fully saturated rings. The average Bonchev–Trinajstić information content (AvgIpc) is 2.02. The van der Waals surface area contributed by atoms with Gasteiger partial charge in [-0.1, -0.05) is 5.01 Å². The van der Waals surface area contributed by atoms with Crippen LogP contribution in [0.5, 0.6) is 0 Å². The molecule has 0 radical (unpaired) electrons. The molecule has 0 rings (SSSR count). The molecule has 13 heavy (non-hydrogen) atoms. The summed E-state index contributed by atoms with van der Waals surface area (Å²) in [4.78, 5) is 4.25. The van der Waals surface area contributed by atoms with E-state index in [1.54, 1.807) is 0 Å². The third-order valence-electron chi connectivity index (χ3n) is 1.58. The number of nitrogens with zero attached hydrogens (tertiary/aromatic N) is 2. The van der Waals surface area contributed by atoms with Crippen molar-refractivity contribution in [2.75, 3.05) is 6.61 Å². The molecule has 4 heteroatoms. The molecule has 0 aromatic rings. The van der Waals surface area contributed by atoms with Crippen LogP contribution in [0.2, 0.25) is 0 Å². The van der Waals surface area contributed by atoms with Crippen molar-refractivity contribution in [3.8, 4) is 6.07 Å². The Kier molecular flexibility index (Phi) is 6.94. The Hall–Kier alpha value is -0.320. The summed E-state index contributed by atoms with van der Waals surface area (Å²) < 4.78 is 4.82. The van der Waals surface area contributed by atoms with Crippen molar-refractivity contribution >= 4 is 9.47 Å². The first-order valence-corrected chi connectivity index (χ1v) is 5.10. The maximum atomic E-state index is 4.82. The lowest BCUT2D eigenvalue weighted by Crippen LogP contribution is -2.30. The predicted octanol–water partition coefficient (Wildman–Crippen LogP) is 2.55. The second-order valence-corrected chi connectivity index (χ2v) is 3.78. The molecular formula is C9H20N2OP+. The molecule has 1 atom stereocenters. The molecule has 0 N–H and O–H groups in total. The summed E-state index contributed by atoms with van der Waals surface area (Å²) in [5, 5.41) is 2.03. The van der Waals surface area contributed by atoms with Crippen LogP contribution in [0.25, 0.3) is 4.95 Å². The van der Waals surface area contributed by atoms with Crippen LogP contribution in [0.4, 0.5) is 0 Å². The Labute approximate surface area is 83.5 Å². The molecule has 0 spiro atoms. The third-order valence-corrected chi connectivity index (χ3v) is 1.81. The van der Waals surface area contributed by atoms with E-state index in [1.165, 1.54) is 0 Å². The van der Waals surface area contributed by atoms with Gasteiger partial charge in [0.1, 0.15) is 6.42 Å². The zero-order valence-electron chi connectivity index (χ0n) is 8.95. The van der Waals surface area contributed by atoms with Crippen LogP contribution < -0.4 is 0 Å². The Balaban J connectivity index is 3.98. The summed E-state index contributed by atoms with van der Waals surface area (Å²) in [5.74, 6) is 0. The van der Waals surface area contributed by atoms with E-state index in [1.807, 2.05) is 5.01 Å². The summed E-state index contributed by atoms with van der Waals surface area (Å²) in [7, 11) is 2.22. The van der Waals surface area contributed by atoms with Gasteiger partial charge in [-0.2, -0.15) is 0 Å². The van der Waals surface area contributed by atoms with Gasteiger partial charge >= 0.3 is 6.07 Å². The number of hydrogen-bond donors (Lipinski definition) is 0. The van der Waals surface area contributed by atoms with Gasteiger partial charge in [0, 0.05) is 9.47 Å². The Morgan fingerprint density at radius 3 is 2.23 bits per heavy atom. The van der Waals surface area contributed by atoms with E-state index in [4.69, 9.17) is 4.52 Å². The Morgan fingerprint density at radius 1 is 1.31 bits per heavy atom. The fourth-order valence-corrected chi connectivity index (χ4v) is 1.18. The van der Waals surface area contributed by atoms with Crippen LogP contribution in [-0.2, 0) is 4.52 Å². The highest BCUT2D eigenvalue weighted by Crippen LogP contribution is 2.05. The fourth-order valence-electron chi connectivity index (χ4n) is 1.06. The fraction of sp³-hybridized carbons (Fsp3) is 0.889. The molecule has 0 aromatic carbocycles. The number of rotatable bonds is 4. The van der Waals surface area contributed by atoms with Gasteiger partial charge in [0.15, 0.2) is 0 Å². The molecule has 0 aliphatic carbocycles. The molecule has 1 unspecified atom stereocenters. The van der Waals surface area contributed by atoms with Gasteiger partial charge in [0.25, 0.3) is 0 Å². The Morgan fingerprint density at radius 2 is 1.85 bits per heavy atom. The van der Waals surface area contributed by atoms with Crippen molar-refractivity contribution in [2.24, 2.45) is 0 Å². The molecule has 0 saturated heterocycles. The third kappa shape index (κ3) is 5.85. The van der Waals surface area contributed by atoms with Gasteiger partial charge < -0.3 is 4.52 Å². The van der Waals surface area contributed by atoms with Gasteiger partial charge in [-0.25, -0.2) is 0 Å². The molecule has 0 saturated carbocycles. The molecule has 0 aliphatic heterocycles. The first-order valence-electron chi connectivity index (χ1n) is 4.63. The maximum absolute atomic E-state index is 4.82. The van der Waals surface area contributed by atoms with Crippen LogP contribution in [0.3, 0.4) is 0 Å². The van der Waals surface area contributed by atoms with Crippen LogP contribution in [0.1, 0.15) is 34.1 Å². The summed E-state index contributed by atoms with van der Waals surface area (Å²) >= 11 is 0. The highest BCUT2D eigenvalue weighted by atomic mass is 31.0. The second-order valence-electron chi connectivity index (χ2n) is 3.45. The average molecular weight is 203 g/mol. The van der Waals surface area contributed by atoms with Gasteiger partial charge in [-0.05, 0) is 27.7 Å². The summed E-state index contributed by atoms with van der Waals surface area (Å²) in [6.45, 7) is 9.14. The highest BCUT2D eigenvalue weighted by Gasteiger charge is 2.18. The van der Waals surface area contributed by atoms with E-state index < -0.39 is 0 Å². The van der Waals surface area contributed by atoms with Gasteiger partial charge in [0.05, 0.1) is 23.6 Å². The summed E-state index contributed by atoms with van der Waals surface area (Å²) in [5.41, 5.74) is 0. The maximum Gasteiger partial charge on any atom is 0.321 e. The highest BCUT2D eigenvalue weighted by molar-refractivity contribution is 7.09. The monoisotopic (exact) mass is 203 g/mol. The van der Waals surface area contributed by atoms with Crippen LogP contribution in [0, 0.1) is 6.07 Å². The first kappa shape index (κ1) is 12.7. The first-order chi connectivity index (χ1) is 6.09. The minimum absolute atomic E-state index is 0.421. The lowest BCUT2D eigenvalue weighted by Gasteiger charge is -2.13. The molecule has 0 aromatic heterocycles. The normalized spacial score (nSPS) is 10.1. The molecule has 0 aliphatic rings. The van der Waals surface area contributed by atoms with Gasteiger partial charge in [-0.15, -0.1) is 0 Å². The van der Waals surface area contributed by atoms with Crippen molar-refractivity contribution < 1.29 is 4.52 Å². The van der Waals surface area contributed by atoms with Crippen LogP contribution >= 0.6 is 9.47 Å². The molecular weight excluding hydrogens is 183 g/mol. The van der Waals surface area contributed by atoms with E-state index in [9.17, 15) is 0 Å². The largest absolute Gasteiger partial charge is 0.364 e. The van der Waals surface area contributed by atoms with Crippen molar-refractivity contribution in [3.05, 3.63) is 4.95 Å². The van der Waals surface area contributed by atoms with Crippen molar-refractivity contribution in [1.29, 1.82) is 0 Å². The minimum atomic E-state index is 0.421. The van der Waals surface area contributed by atoms with Crippen LogP contribution in [-0.4, -0.2) is 23.7 Å². The van der Waals surface area contributed by atoms with Crippen molar-refractivity contribution in [2.45, 2.75) is 46.2 Å². The van der Waals surface area contributed by atoms with E-state index in [-0.39, 0.29) is 0 Å². The zero-order chi connectivity index (χ0) is 10.3. The molecule has 0 heterocycles. The molecule has 0 amide bonds. The predicted molar refractivity (Wildman–Crippen MR) is 59.6 cm³/mol. The lowest BCUT2D eigenvalue weighted by atomic mass is 10.3. The smallest absolute Gasteiger partial charge is 0.321 e. The second kappa shape index (κ2) is 7.12. The van der Waals surface area contributed by atoms with Crippen LogP contribution in [0.15, 0.2) is 0 Å². The molecule has 3 nitrogen and oxygen atoms in total. The molecule has 76 valence electrons. The van der Waals surface area contributed by atoms with E-state index in [2.05, 4.69) is 48.2 Å². The zero-order valence-corrected chi connectivity index (χ0v) is 10.1. The van der Waals surface area contributed by atoms with E-state index in [0.29, 0.717) is 18.7 Å². The van der Waals surface area contributed by atoms with Crippen molar-refractivity contribution in [3.63, 3.8) is 0 Å². The lowest BCUT2D eigenvalue weighted by molar-refractivity contribution is 0.251. The summed E-state index contributed by atoms with van der Waals surface area (Å²) in [6, 6.07) is 3.80. The standard InChI is InChI=1S/C9H20N2OP/c1-8(2)11(9(3)4)10-6-5-7-12-13/h8-9H,5,7,13H2,1-4H3/q+1. The van der Waals surface area contributed by atoms with E-state index >= 15 is 0 Å². The topological polar surface area (TPSA) is 16.8 Å². The number of hydrogen-bond acceptors (Lipinski definition) is 2. The minimum Gasteiger partial charge on any atom is -0.364 e. The molecule has 0 bridgehead atoms. The van der Waals surface area contributed by atoms with Gasteiger partial charge in [0.2, 0.25) is 0 Å². The van der Waals surface area contributed by atoms with Gasteiger partial charge in [-0.3, -0.25) is 0 Å². The quantitative estimate of drug-likeness (QED) is 0.397. The van der Waals surface area contributed by atoms with Crippen molar-refractivity contribution in [1.82, 2.24) is 5.01 Å².